The number of rotatable bonds is 18. The highest BCUT2D eigenvalue weighted by molar-refractivity contribution is 6.04. The number of aromatic nitrogens is 6. The molecule has 8 aromatic rings. The number of nitrogens with one attached hydrogen (secondary N) is 4. The molecule has 0 saturated heterocycles. The first-order valence-corrected chi connectivity index (χ1v) is 24.3. The number of hydrogen-bond donors (Lipinski definition) is 5. The van der Waals surface area contributed by atoms with Crippen LogP contribution in [-0.4, -0.2) is 54.4 Å². The molecule has 0 aliphatic heterocycles. The molecule has 14 heteroatoms. The number of anilines is 2. The van der Waals surface area contributed by atoms with Gasteiger partial charge in [-0.3, -0.25) is 19.6 Å². The van der Waals surface area contributed by atoms with Crippen molar-refractivity contribution in [2.75, 3.05) is 23.7 Å². The molecule has 2 fully saturated rings. The topological polar surface area (TPSA) is 170 Å². The molecule has 2 unspecified atom stereocenters. The molecule has 2 aliphatic rings. The number of aryl methyl sites for hydroxylation is 3. The largest absolute Gasteiger partial charge is 0.326 e. The van der Waals surface area contributed by atoms with Crippen molar-refractivity contribution in [3.05, 3.63) is 214 Å². The van der Waals surface area contributed by atoms with Gasteiger partial charge < -0.3 is 27.0 Å². The fourth-order valence-corrected chi connectivity index (χ4v) is 8.60. The number of carbonyl (C=O) groups is 2. The SMILES string of the molecule is CCc1cccc(-n2nc(C)cc2C(=O)Nc2cccc(C(NCC3CC3)c3ccncc3)c2)c1.Cc1cc(C(=O)Nc2cccc(C(NCC3CC3)c3ccncc3)c2)n(-c2cccc(CN)c2)n1.Cl. The van der Waals surface area contributed by atoms with E-state index >= 15 is 0 Å². The van der Waals surface area contributed by atoms with Gasteiger partial charge in [0.25, 0.3) is 11.8 Å². The molecule has 2 aliphatic carbocycles. The minimum Gasteiger partial charge on any atom is -0.326 e. The van der Waals surface area contributed by atoms with Crippen molar-refractivity contribution in [1.82, 2.24) is 40.2 Å². The van der Waals surface area contributed by atoms with E-state index < -0.39 is 0 Å². The zero-order valence-corrected chi connectivity index (χ0v) is 41.3. The molecule has 2 amide bonds. The molecule has 2 saturated carbocycles. The Morgan fingerprint density at radius 2 is 0.986 bits per heavy atom. The van der Waals surface area contributed by atoms with Gasteiger partial charge in [-0.15, -0.1) is 12.4 Å². The number of carbonyl (C=O) groups excluding carboxylic acids is 2. The summed E-state index contributed by atoms with van der Waals surface area (Å²) < 4.78 is 3.40. The van der Waals surface area contributed by atoms with E-state index in [4.69, 9.17) is 5.73 Å². The van der Waals surface area contributed by atoms with Crippen LogP contribution in [0.15, 0.2) is 158 Å². The predicted octanol–water partition coefficient (Wildman–Crippen LogP) is 10.3. The molecule has 0 radical (unpaired) electrons. The molecule has 4 heterocycles. The van der Waals surface area contributed by atoms with Crippen LogP contribution in [0.25, 0.3) is 11.4 Å². The second-order valence-corrected chi connectivity index (χ2v) is 18.4. The number of nitrogens with two attached hydrogens (primary N) is 1. The summed E-state index contributed by atoms with van der Waals surface area (Å²) in [5, 5.41) is 22.7. The van der Waals surface area contributed by atoms with Crippen LogP contribution in [0.3, 0.4) is 0 Å². The Hall–Kier alpha value is -7.29. The highest BCUT2D eigenvalue weighted by Crippen LogP contribution is 2.32. The number of benzene rings is 4. The van der Waals surface area contributed by atoms with Crippen LogP contribution < -0.4 is 27.0 Å². The molecule has 71 heavy (non-hydrogen) atoms. The number of pyridine rings is 2. The molecule has 364 valence electrons. The quantitative estimate of drug-likeness (QED) is 0.0562. The van der Waals surface area contributed by atoms with E-state index in [0.29, 0.717) is 17.9 Å². The normalized spacial score (nSPS) is 13.8. The Kier molecular flexibility index (Phi) is 16.6. The van der Waals surface area contributed by atoms with Crippen molar-refractivity contribution in [3.8, 4) is 11.4 Å². The van der Waals surface area contributed by atoms with E-state index in [0.717, 1.165) is 93.3 Å². The number of halogens is 1. The minimum absolute atomic E-state index is 0. The summed E-state index contributed by atoms with van der Waals surface area (Å²) in [5.74, 6) is 1.11. The predicted molar refractivity (Wildman–Crippen MR) is 284 cm³/mol. The van der Waals surface area contributed by atoms with Gasteiger partial charge in [-0.2, -0.15) is 10.2 Å². The maximum absolute atomic E-state index is 13.4. The lowest BCUT2D eigenvalue weighted by atomic mass is 9.99. The van der Waals surface area contributed by atoms with Crippen LogP contribution in [0, 0.1) is 25.7 Å². The third kappa shape index (κ3) is 13.1. The summed E-state index contributed by atoms with van der Waals surface area (Å²) in [7, 11) is 0. The van der Waals surface area contributed by atoms with Crippen molar-refractivity contribution in [2.45, 2.75) is 71.5 Å². The zero-order valence-electron chi connectivity index (χ0n) is 40.5. The second-order valence-electron chi connectivity index (χ2n) is 18.4. The van der Waals surface area contributed by atoms with Crippen molar-refractivity contribution in [2.24, 2.45) is 17.6 Å². The lowest BCUT2D eigenvalue weighted by Crippen LogP contribution is -2.25. The van der Waals surface area contributed by atoms with E-state index in [1.54, 1.807) is 15.4 Å². The summed E-state index contributed by atoms with van der Waals surface area (Å²) >= 11 is 0. The Bertz CT molecular complexity index is 2830. The summed E-state index contributed by atoms with van der Waals surface area (Å²) in [4.78, 5) is 35.0. The highest BCUT2D eigenvalue weighted by Gasteiger charge is 2.26. The molecule has 13 nitrogen and oxygen atoms in total. The average Bonchev–Trinajstić information content (AvgIpc) is 4.33. The average molecular weight is 969 g/mol. The summed E-state index contributed by atoms with van der Waals surface area (Å²) in [6.45, 7) is 8.29. The van der Waals surface area contributed by atoms with Crippen LogP contribution in [-0.2, 0) is 13.0 Å². The molecule has 10 rings (SSSR count). The molecule has 4 aromatic heterocycles. The van der Waals surface area contributed by atoms with Gasteiger partial charge in [0.1, 0.15) is 11.4 Å². The van der Waals surface area contributed by atoms with Gasteiger partial charge in [0.2, 0.25) is 0 Å². The molecular formula is C57H62ClN11O2. The van der Waals surface area contributed by atoms with Gasteiger partial charge in [-0.25, -0.2) is 9.36 Å². The Balaban J connectivity index is 0.000000188. The maximum Gasteiger partial charge on any atom is 0.274 e. The monoisotopic (exact) mass is 967 g/mol. The standard InChI is InChI=1S/C29H31N5O.C28H30N6O.ClH/c1-3-21-6-4-9-26(17-21)34-27(16-20(2)33-34)29(35)32-25-8-5-7-24(18-25)28(31-19-22-10-11-22)23-12-14-30-15-13-23;1-19-14-26(34(33-19)25-7-2-4-21(15-25)17-29)28(35)32-24-6-3-5-23(16-24)27(31-18-20-8-9-20)22-10-12-30-13-11-22;/h4-9,12-18,22,28,31H,3,10-11,19H2,1-2H3,(H,32,35);2-7,10-16,20,27,31H,8-9,17-18,29H2,1H3,(H,32,35);1H. The first-order valence-electron chi connectivity index (χ1n) is 24.3. The molecule has 0 spiro atoms. The molecule has 2 atom stereocenters. The number of amides is 2. The van der Waals surface area contributed by atoms with Gasteiger partial charge in [-0.1, -0.05) is 55.5 Å². The van der Waals surface area contributed by atoms with Crippen molar-refractivity contribution in [1.29, 1.82) is 0 Å². The third-order valence-electron chi connectivity index (χ3n) is 12.7. The first kappa shape index (κ1) is 50.1. The highest BCUT2D eigenvalue weighted by atomic mass is 35.5. The van der Waals surface area contributed by atoms with Crippen LogP contribution >= 0.6 is 12.4 Å². The van der Waals surface area contributed by atoms with Crippen LogP contribution in [0.2, 0.25) is 0 Å². The van der Waals surface area contributed by atoms with Gasteiger partial charge in [-0.05, 0) is 189 Å². The Morgan fingerprint density at radius 1 is 0.563 bits per heavy atom. The molecule has 0 bridgehead atoms. The minimum atomic E-state index is -0.215. The Labute approximate surface area is 422 Å². The number of hydrogen-bond acceptors (Lipinski definition) is 9. The van der Waals surface area contributed by atoms with Crippen LogP contribution in [0.4, 0.5) is 11.4 Å². The van der Waals surface area contributed by atoms with E-state index in [1.807, 2.05) is 142 Å². The van der Waals surface area contributed by atoms with Crippen molar-refractivity contribution >= 4 is 35.6 Å². The zero-order chi connectivity index (χ0) is 48.4. The van der Waals surface area contributed by atoms with Crippen molar-refractivity contribution in [3.63, 3.8) is 0 Å². The van der Waals surface area contributed by atoms with Crippen LogP contribution in [0.1, 0.15) is 110 Å². The third-order valence-corrected chi connectivity index (χ3v) is 12.7. The summed E-state index contributed by atoms with van der Waals surface area (Å²) in [6.07, 6.45) is 13.4. The van der Waals surface area contributed by atoms with E-state index in [1.165, 1.54) is 31.2 Å². The molecular weight excluding hydrogens is 906 g/mol. The summed E-state index contributed by atoms with van der Waals surface area (Å²) in [6, 6.07) is 43.8. The van der Waals surface area contributed by atoms with Gasteiger partial charge in [0.15, 0.2) is 0 Å². The lowest BCUT2D eigenvalue weighted by Gasteiger charge is -2.20. The van der Waals surface area contributed by atoms with Gasteiger partial charge in [0.05, 0.1) is 34.8 Å². The molecule has 6 N–H and O–H groups in total. The first-order chi connectivity index (χ1) is 34.2. The van der Waals surface area contributed by atoms with Crippen molar-refractivity contribution < 1.29 is 9.59 Å². The van der Waals surface area contributed by atoms with E-state index in [9.17, 15) is 9.59 Å². The lowest BCUT2D eigenvalue weighted by molar-refractivity contribution is 0.101. The maximum atomic E-state index is 13.4. The van der Waals surface area contributed by atoms with Crippen LogP contribution in [0.5, 0.6) is 0 Å². The van der Waals surface area contributed by atoms with E-state index in [2.05, 4.69) is 72.6 Å². The number of nitrogens with zero attached hydrogens (tertiary/aromatic N) is 6. The smallest absolute Gasteiger partial charge is 0.274 e. The second kappa shape index (κ2) is 23.5. The fourth-order valence-electron chi connectivity index (χ4n) is 8.60. The fraction of sp³-hybridized carbons (Fsp3) is 0.263. The summed E-state index contributed by atoms with van der Waals surface area (Å²) in [5.41, 5.74) is 18.2. The molecule has 4 aromatic carbocycles. The van der Waals surface area contributed by atoms with Gasteiger partial charge >= 0.3 is 0 Å². The van der Waals surface area contributed by atoms with E-state index in [-0.39, 0.29) is 36.3 Å². The Morgan fingerprint density at radius 3 is 1.41 bits per heavy atom. The van der Waals surface area contributed by atoms with Gasteiger partial charge in [0, 0.05) is 42.7 Å².